The van der Waals surface area contributed by atoms with Crippen molar-refractivity contribution in [3.05, 3.63) is 0 Å². The SMILES string of the molecule is [Al+3].[Al+3].[Ge].[Ge].[O-2].[O-2].[O-2]. The van der Waals surface area contributed by atoms with Crippen LogP contribution >= 0.6 is 0 Å². The van der Waals surface area contributed by atoms with Gasteiger partial charge in [-0.1, -0.05) is 0 Å². The van der Waals surface area contributed by atoms with Crippen LogP contribution in [-0.4, -0.2) is 69.9 Å². The smallest absolute Gasteiger partial charge is 2.00 e. The number of hydrogen-bond donors (Lipinski definition) is 0. The van der Waals surface area contributed by atoms with Crippen molar-refractivity contribution in [3.8, 4) is 0 Å². The summed E-state index contributed by atoms with van der Waals surface area (Å²) >= 11 is 0. The second-order valence-corrected chi connectivity index (χ2v) is 0. The van der Waals surface area contributed by atoms with Crippen LogP contribution in [0.3, 0.4) is 0 Å². The third-order valence-corrected chi connectivity index (χ3v) is 0. The molecule has 3 nitrogen and oxygen atoms in total. The summed E-state index contributed by atoms with van der Waals surface area (Å²) < 4.78 is 0. The predicted molar refractivity (Wildman–Crippen MR) is 25.1 cm³/mol. The Labute approximate surface area is 85.8 Å². The van der Waals surface area contributed by atoms with Crippen LogP contribution in [0.15, 0.2) is 0 Å². The molecule has 0 aliphatic carbocycles. The Bertz CT molecular complexity index is 10.9. The molecular weight excluding hydrogens is 247 g/mol. The Morgan fingerprint density at radius 3 is 0.429 bits per heavy atom. The molecule has 0 amide bonds. The van der Waals surface area contributed by atoms with E-state index in [0.717, 1.165) is 0 Å². The molecule has 32 valence electrons. The molecule has 8 radical (unpaired) electrons. The summed E-state index contributed by atoms with van der Waals surface area (Å²) in [6.45, 7) is 0. The van der Waals surface area contributed by atoms with Crippen molar-refractivity contribution < 1.29 is 16.4 Å². The average molecular weight is 247 g/mol. The van der Waals surface area contributed by atoms with Crippen LogP contribution in [0.4, 0.5) is 0 Å². The summed E-state index contributed by atoms with van der Waals surface area (Å²) in [5.41, 5.74) is 0. The van der Waals surface area contributed by atoms with E-state index in [0.29, 0.717) is 0 Å². The largest absolute Gasteiger partial charge is 3.00 e. The van der Waals surface area contributed by atoms with Gasteiger partial charge in [-0.05, 0) is 0 Å². The summed E-state index contributed by atoms with van der Waals surface area (Å²) in [5, 5.41) is 0. The molecule has 0 aromatic carbocycles. The number of hydrogen-bond acceptors (Lipinski definition) is 0. The van der Waals surface area contributed by atoms with Crippen molar-refractivity contribution in [2.24, 2.45) is 0 Å². The van der Waals surface area contributed by atoms with Crippen molar-refractivity contribution in [2.45, 2.75) is 0 Å². The van der Waals surface area contributed by atoms with Crippen molar-refractivity contribution in [3.63, 3.8) is 0 Å². The van der Waals surface area contributed by atoms with Gasteiger partial charge in [0.15, 0.2) is 0 Å². The van der Waals surface area contributed by atoms with Crippen LogP contribution in [-0.2, 0) is 16.4 Å². The Hall–Kier alpha value is 2.03. The van der Waals surface area contributed by atoms with Gasteiger partial charge in [0.05, 0.1) is 0 Å². The van der Waals surface area contributed by atoms with Gasteiger partial charge < -0.3 is 16.4 Å². The maximum absolute atomic E-state index is 0. The average Bonchev–Trinajstić information content (AvgIpc) is 0. The molecule has 7 heavy (non-hydrogen) atoms. The van der Waals surface area contributed by atoms with Crippen LogP contribution in [0.5, 0.6) is 0 Å². The standard InChI is InChI=1S/2Al.2Ge.3O/q2*+3;;;3*-2. The summed E-state index contributed by atoms with van der Waals surface area (Å²) in [6.07, 6.45) is 0. The minimum Gasteiger partial charge on any atom is -2.00 e. The predicted octanol–water partition coefficient (Wildman–Crippen LogP) is -1.88. The molecule has 0 rings (SSSR count). The zero-order valence-electron chi connectivity index (χ0n) is 3.38. The Morgan fingerprint density at radius 1 is 0.429 bits per heavy atom. The molecule has 0 atom stereocenters. The van der Waals surface area contributed by atoms with Crippen molar-refractivity contribution in [1.29, 1.82) is 0 Å². The third-order valence-electron chi connectivity index (χ3n) is 0. The second-order valence-electron chi connectivity index (χ2n) is 0. The molecule has 7 heteroatoms. The molecule has 0 aliphatic rings. The van der Waals surface area contributed by atoms with Crippen LogP contribution in [0.25, 0.3) is 0 Å². The van der Waals surface area contributed by atoms with E-state index in [1.807, 2.05) is 0 Å². The van der Waals surface area contributed by atoms with Crippen molar-refractivity contribution >= 4 is 69.9 Å². The summed E-state index contributed by atoms with van der Waals surface area (Å²) in [5.74, 6) is 0. The Balaban J connectivity index is 0. The zero-order valence-corrected chi connectivity index (χ0v) is 9.88. The van der Waals surface area contributed by atoms with E-state index in [1.54, 1.807) is 0 Å². The topological polar surface area (TPSA) is 85.5 Å². The minimum atomic E-state index is 0. The van der Waals surface area contributed by atoms with Crippen LogP contribution in [0, 0.1) is 0 Å². The fourth-order valence-corrected chi connectivity index (χ4v) is 0. The Morgan fingerprint density at radius 2 is 0.429 bits per heavy atom. The molecule has 0 aromatic heterocycles. The first-order valence-electron chi connectivity index (χ1n) is 0. The molecule has 0 unspecified atom stereocenters. The van der Waals surface area contributed by atoms with E-state index < -0.39 is 0 Å². The summed E-state index contributed by atoms with van der Waals surface area (Å²) in [6, 6.07) is 0. The first-order chi connectivity index (χ1) is 0. The molecule has 0 saturated carbocycles. The molecule has 0 aromatic rings. The Kier molecular flexibility index (Phi) is 1940. The van der Waals surface area contributed by atoms with Crippen LogP contribution < -0.4 is 0 Å². The quantitative estimate of drug-likeness (QED) is 0.449. The first-order valence-corrected chi connectivity index (χ1v) is 0. The number of rotatable bonds is 0. The zero-order chi connectivity index (χ0) is 0. The third kappa shape index (κ3) is 70.8. The monoisotopic (exact) mass is 250 g/mol. The van der Waals surface area contributed by atoms with Crippen LogP contribution in [0.2, 0.25) is 0 Å². The van der Waals surface area contributed by atoms with Gasteiger partial charge in [0.1, 0.15) is 0 Å². The van der Waals surface area contributed by atoms with Crippen LogP contribution in [0.1, 0.15) is 0 Å². The van der Waals surface area contributed by atoms with Gasteiger partial charge in [0, 0.05) is 35.2 Å². The molecule has 0 saturated heterocycles. The second kappa shape index (κ2) is 96.3. The summed E-state index contributed by atoms with van der Waals surface area (Å²) in [4.78, 5) is 0. The normalized spacial score (nSPS) is 0. The van der Waals surface area contributed by atoms with Gasteiger partial charge in [-0.3, -0.25) is 0 Å². The fraction of sp³-hybridized carbons (Fsp3) is 0. The van der Waals surface area contributed by atoms with E-state index in [2.05, 4.69) is 0 Å². The van der Waals surface area contributed by atoms with Gasteiger partial charge in [-0.2, -0.15) is 0 Å². The van der Waals surface area contributed by atoms with E-state index in [1.165, 1.54) is 0 Å². The van der Waals surface area contributed by atoms with Gasteiger partial charge >= 0.3 is 34.7 Å². The molecular formula is Al2Ge2O3. The fourth-order valence-electron chi connectivity index (χ4n) is 0. The maximum atomic E-state index is 0. The molecule has 0 bridgehead atoms. The molecule has 0 N–H and O–H groups in total. The maximum Gasteiger partial charge on any atom is 3.00 e. The van der Waals surface area contributed by atoms with E-state index >= 15 is 0 Å². The van der Waals surface area contributed by atoms with E-state index in [9.17, 15) is 0 Å². The van der Waals surface area contributed by atoms with Gasteiger partial charge in [0.2, 0.25) is 0 Å². The van der Waals surface area contributed by atoms with Gasteiger partial charge in [0.25, 0.3) is 0 Å². The first kappa shape index (κ1) is 141. The van der Waals surface area contributed by atoms with E-state index in [-0.39, 0.29) is 86.3 Å². The van der Waals surface area contributed by atoms with Crippen molar-refractivity contribution in [2.75, 3.05) is 0 Å². The van der Waals surface area contributed by atoms with Gasteiger partial charge in [-0.15, -0.1) is 0 Å². The molecule has 0 aliphatic heterocycles. The molecule has 0 heterocycles. The molecule has 0 fully saturated rings. The molecule has 0 spiro atoms. The van der Waals surface area contributed by atoms with E-state index in [4.69, 9.17) is 0 Å². The van der Waals surface area contributed by atoms with Gasteiger partial charge in [-0.25, -0.2) is 0 Å². The minimum absolute atomic E-state index is 0. The van der Waals surface area contributed by atoms with Crippen molar-refractivity contribution in [1.82, 2.24) is 0 Å². The summed E-state index contributed by atoms with van der Waals surface area (Å²) in [7, 11) is 0.